The lowest BCUT2D eigenvalue weighted by molar-refractivity contribution is 0.443. The van der Waals surface area contributed by atoms with Gasteiger partial charge in [-0.2, -0.15) is 0 Å². The first-order chi connectivity index (χ1) is 9.31. The molecule has 0 atom stereocenters. The molecule has 1 aromatic rings. The maximum Gasteiger partial charge on any atom is 0.170 e. The van der Waals surface area contributed by atoms with Gasteiger partial charge in [-0.1, -0.05) is 31.4 Å². The summed E-state index contributed by atoms with van der Waals surface area (Å²) in [5.41, 5.74) is 2.59. The van der Waals surface area contributed by atoms with Crippen LogP contribution in [0.4, 0.5) is 5.69 Å². The van der Waals surface area contributed by atoms with E-state index >= 15 is 0 Å². The predicted octanol–water partition coefficient (Wildman–Crippen LogP) is 4.18. The molecule has 2 aliphatic carbocycles. The first kappa shape index (κ1) is 12.9. The van der Waals surface area contributed by atoms with Gasteiger partial charge in [-0.25, -0.2) is 0 Å². The van der Waals surface area contributed by atoms with Crippen LogP contribution in [-0.2, 0) is 0 Å². The summed E-state index contributed by atoms with van der Waals surface area (Å²) < 4.78 is 0. The fraction of sp³-hybridized carbons (Fsp3) is 0.562. The molecule has 0 bridgehead atoms. The van der Waals surface area contributed by atoms with Gasteiger partial charge >= 0.3 is 0 Å². The minimum absolute atomic E-state index is 0.613. The van der Waals surface area contributed by atoms with E-state index < -0.39 is 0 Å². The van der Waals surface area contributed by atoms with E-state index in [4.69, 9.17) is 12.2 Å². The topological polar surface area (TPSA) is 24.1 Å². The Hall–Kier alpha value is -1.09. The number of rotatable bonds is 3. The molecule has 19 heavy (non-hydrogen) atoms. The van der Waals surface area contributed by atoms with Crippen LogP contribution in [0.2, 0.25) is 0 Å². The Bertz CT molecular complexity index is 431. The molecule has 1 aromatic carbocycles. The Labute approximate surface area is 121 Å². The van der Waals surface area contributed by atoms with Crippen molar-refractivity contribution in [1.82, 2.24) is 5.32 Å². The molecule has 102 valence electrons. The molecule has 0 amide bonds. The second-order valence-corrected chi connectivity index (χ2v) is 6.24. The Morgan fingerprint density at radius 3 is 2.26 bits per heavy atom. The molecule has 0 aliphatic heterocycles. The quantitative estimate of drug-likeness (QED) is 0.808. The average molecular weight is 274 g/mol. The average Bonchev–Trinajstić information content (AvgIpc) is 3.24. The molecule has 3 heteroatoms. The van der Waals surface area contributed by atoms with Crippen LogP contribution in [-0.4, -0.2) is 11.2 Å². The van der Waals surface area contributed by atoms with Gasteiger partial charge in [0.25, 0.3) is 0 Å². The smallest absolute Gasteiger partial charge is 0.170 e. The van der Waals surface area contributed by atoms with Gasteiger partial charge in [0.05, 0.1) is 0 Å². The molecule has 3 rings (SSSR count). The largest absolute Gasteiger partial charge is 0.360 e. The molecule has 2 N–H and O–H groups in total. The zero-order valence-corrected chi connectivity index (χ0v) is 12.1. The minimum Gasteiger partial charge on any atom is -0.360 e. The summed E-state index contributed by atoms with van der Waals surface area (Å²) in [5, 5.41) is 7.32. The summed E-state index contributed by atoms with van der Waals surface area (Å²) in [6.45, 7) is 0. The molecule has 0 aromatic heterocycles. The molecular formula is C16H22N2S. The van der Waals surface area contributed by atoms with Crippen LogP contribution in [0, 0.1) is 0 Å². The van der Waals surface area contributed by atoms with Crippen molar-refractivity contribution in [3.8, 4) is 0 Å². The van der Waals surface area contributed by atoms with Gasteiger partial charge in [0.2, 0.25) is 0 Å². The van der Waals surface area contributed by atoms with E-state index in [1.54, 1.807) is 0 Å². The second-order valence-electron chi connectivity index (χ2n) is 5.83. The molecule has 2 nitrogen and oxygen atoms in total. The Morgan fingerprint density at radius 2 is 1.63 bits per heavy atom. The molecular weight excluding hydrogens is 252 g/mol. The molecule has 0 heterocycles. The summed E-state index contributed by atoms with van der Waals surface area (Å²) in [4.78, 5) is 0. The summed E-state index contributed by atoms with van der Waals surface area (Å²) in [6.07, 6.45) is 9.41. The summed E-state index contributed by atoms with van der Waals surface area (Å²) in [6, 6.07) is 9.45. The third kappa shape index (κ3) is 3.69. The Kier molecular flexibility index (Phi) is 4.02. The van der Waals surface area contributed by atoms with Crippen molar-refractivity contribution in [2.75, 3.05) is 5.32 Å². The lowest BCUT2D eigenvalue weighted by atomic mass is 9.84. The lowest BCUT2D eigenvalue weighted by Crippen LogP contribution is -2.30. The van der Waals surface area contributed by atoms with E-state index in [0.717, 1.165) is 16.7 Å². The summed E-state index contributed by atoms with van der Waals surface area (Å²) >= 11 is 5.29. The van der Waals surface area contributed by atoms with Crippen LogP contribution >= 0.6 is 12.2 Å². The molecule has 2 aliphatic rings. The summed E-state index contributed by atoms with van der Waals surface area (Å²) in [5.74, 6) is 0.777. The van der Waals surface area contributed by atoms with Crippen molar-refractivity contribution in [2.24, 2.45) is 0 Å². The zero-order chi connectivity index (χ0) is 13.1. The van der Waals surface area contributed by atoms with E-state index in [-0.39, 0.29) is 0 Å². The van der Waals surface area contributed by atoms with E-state index in [2.05, 4.69) is 34.9 Å². The molecule has 0 saturated heterocycles. The van der Waals surface area contributed by atoms with E-state index in [0.29, 0.717) is 6.04 Å². The van der Waals surface area contributed by atoms with E-state index in [1.807, 2.05) is 0 Å². The number of thiocarbonyl (C=S) groups is 1. The lowest BCUT2D eigenvalue weighted by Gasteiger charge is -2.22. The van der Waals surface area contributed by atoms with Crippen LogP contribution in [0.5, 0.6) is 0 Å². The maximum atomic E-state index is 5.29. The van der Waals surface area contributed by atoms with Crippen molar-refractivity contribution in [2.45, 2.75) is 56.9 Å². The Morgan fingerprint density at radius 1 is 0.947 bits per heavy atom. The van der Waals surface area contributed by atoms with Crippen LogP contribution in [0.3, 0.4) is 0 Å². The van der Waals surface area contributed by atoms with Gasteiger partial charge in [0.1, 0.15) is 0 Å². The third-order valence-electron chi connectivity index (χ3n) is 4.16. The SMILES string of the molecule is S=C(Nc1ccc(C2CCCCC2)cc1)NC1CC1. The highest BCUT2D eigenvalue weighted by Gasteiger charge is 2.21. The van der Waals surface area contributed by atoms with E-state index in [9.17, 15) is 0 Å². The van der Waals surface area contributed by atoms with Crippen LogP contribution in [0.25, 0.3) is 0 Å². The van der Waals surface area contributed by atoms with Gasteiger partial charge in [-0.3, -0.25) is 0 Å². The molecule has 0 unspecified atom stereocenters. The maximum absolute atomic E-state index is 5.29. The Balaban J connectivity index is 1.56. The van der Waals surface area contributed by atoms with Crippen molar-refractivity contribution < 1.29 is 0 Å². The number of anilines is 1. The first-order valence-corrected chi connectivity index (χ1v) is 7.89. The molecule has 2 fully saturated rings. The fourth-order valence-electron chi connectivity index (χ4n) is 2.85. The zero-order valence-electron chi connectivity index (χ0n) is 11.3. The second kappa shape index (κ2) is 5.91. The van der Waals surface area contributed by atoms with Gasteiger partial charge in [-0.15, -0.1) is 0 Å². The molecule has 0 spiro atoms. The van der Waals surface area contributed by atoms with Crippen molar-refractivity contribution >= 4 is 23.0 Å². The van der Waals surface area contributed by atoms with Gasteiger partial charge in [-0.05, 0) is 61.5 Å². The minimum atomic E-state index is 0.613. The molecule has 2 saturated carbocycles. The van der Waals surface area contributed by atoms with Gasteiger partial charge < -0.3 is 10.6 Å². The highest BCUT2D eigenvalue weighted by atomic mass is 32.1. The van der Waals surface area contributed by atoms with Crippen molar-refractivity contribution in [1.29, 1.82) is 0 Å². The van der Waals surface area contributed by atoms with Crippen LogP contribution in [0.1, 0.15) is 56.4 Å². The van der Waals surface area contributed by atoms with Crippen LogP contribution < -0.4 is 10.6 Å². The van der Waals surface area contributed by atoms with Crippen molar-refractivity contribution in [3.05, 3.63) is 29.8 Å². The van der Waals surface area contributed by atoms with Gasteiger partial charge in [0, 0.05) is 11.7 Å². The van der Waals surface area contributed by atoms with Crippen LogP contribution in [0.15, 0.2) is 24.3 Å². The van der Waals surface area contributed by atoms with Gasteiger partial charge in [0.15, 0.2) is 5.11 Å². The summed E-state index contributed by atoms with van der Waals surface area (Å²) in [7, 11) is 0. The number of nitrogens with one attached hydrogen (secondary N) is 2. The highest BCUT2D eigenvalue weighted by Crippen LogP contribution is 2.32. The fourth-order valence-corrected chi connectivity index (χ4v) is 3.14. The first-order valence-electron chi connectivity index (χ1n) is 7.49. The number of benzene rings is 1. The van der Waals surface area contributed by atoms with E-state index in [1.165, 1.54) is 50.5 Å². The molecule has 0 radical (unpaired) electrons. The number of hydrogen-bond acceptors (Lipinski definition) is 1. The highest BCUT2D eigenvalue weighted by molar-refractivity contribution is 7.80. The monoisotopic (exact) mass is 274 g/mol. The standard InChI is InChI=1S/C16H22N2S/c19-16(18-15-10-11-15)17-14-8-6-13(7-9-14)12-4-2-1-3-5-12/h6-9,12,15H,1-5,10-11H2,(H2,17,18,19). The third-order valence-corrected chi connectivity index (χ3v) is 4.38. The van der Waals surface area contributed by atoms with Crippen molar-refractivity contribution in [3.63, 3.8) is 0 Å². The predicted molar refractivity (Wildman–Crippen MR) is 84.6 cm³/mol. The normalized spacial score (nSPS) is 20.0. The number of hydrogen-bond donors (Lipinski definition) is 2.